The maximum atomic E-state index is 11.5. The van der Waals surface area contributed by atoms with E-state index in [-0.39, 0.29) is 23.1 Å². The number of sulfone groups is 1. The molecule has 0 aromatic carbocycles. The van der Waals surface area contributed by atoms with E-state index in [9.17, 15) is 8.42 Å². The van der Waals surface area contributed by atoms with Gasteiger partial charge in [-0.2, -0.15) is 5.10 Å². The van der Waals surface area contributed by atoms with E-state index >= 15 is 0 Å². The van der Waals surface area contributed by atoms with Crippen molar-refractivity contribution in [1.82, 2.24) is 15.5 Å². The summed E-state index contributed by atoms with van der Waals surface area (Å²) in [5.74, 6) is 0.505. The molecule has 2 N–H and O–H groups in total. The van der Waals surface area contributed by atoms with Crippen LogP contribution in [0, 0.1) is 0 Å². The molecule has 1 aliphatic heterocycles. The average molecular weight is 243 g/mol. The Morgan fingerprint density at radius 1 is 1.62 bits per heavy atom. The summed E-state index contributed by atoms with van der Waals surface area (Å²) in [6.45, 7) is 3.97. The lowest BCUT2D eigenvalue weighted by atomic mass is 10.00. The van der Waals surface area contributed by atoms with Crippen molar-refractivity contribution in [3.8, 4) is 0 Å². The second-order valence-electron chi connectivity index (χ2n) is 4.78. The summed E-state index contributed by atoms with van der Waals surface area (Å²) in [4.78, 5) is 0. The predicted octanol–water partition coefficient (Wildman–Crippen LogP) is 0.637. The molecule has 0 spiro atoms. The summed E-state index contributed by atoms with van der Waals surface area (Å²) in [6, 6.07) is 1.98. The Balaban J connectivity index is 2.05. The fourth-order valence-corrected chi connectivity index (χ4v) is 4.34. The summed E-state index contributed by atoms with van der Waals surface area (Å²) in [5.41, 5.74) is 0.661. The van der Waals surface area contributed by atoms with Gasteiger partial charge in [0.05, 0.1) is 17.2 Å². The maximum Gasteiger partial charge on any atom is 0.152 e. The lowest BCUT2D eigenvalue weighted by Crippen LogP contribution is -2.44. The Labute approximate surface area is 95.6 Å². The van der Waals surface area contributed by atoms with Crippen LogP contribution in [-0.2, 0) is 9.84 Å². The first kappa shape index (κ1) is 11.6. The van der Waals surface area contributed by atoms with Crippen LogP contribution < -0.4 is 5.32 Å². The molecule has 1 aliphatic rings. The van der Waals surface area contributed by atoms with Gasteiger partial charge in [-0.1, -0.05) is 0 Å². The van der Waals surface area contributed by atoms with Crippen LogP contribution in [-0.4, -0.2) is 35.7 Å². The Morgan fingerprint density at radius 3 is 2.88 bits per heavy atom. The van der Waals surface area contributed by atoms with E-state index in [1.54, 1.807) is 6.20 Å². The molecule has 2 atom stereocenters. The molecule has 0 saturated carbocycles. The van der Waals surface area contributed by atoms with Crippen molar-refractivity contribution < 1.29 is 8.42 Å². The van der Waals surface area contributed by atoms with E-state index in [1.807, 2.05) is 19.9 Å². The number of hydrogen-bond donors (Lipinski definition) is 2. The highest BCUT2D eigenvalue weighted by molar-refractivity contribution is 7.91. The molecule has 5 nitrogen and oxygen atoms in total. The summed E-state index contributed by atoms with van der Waals surface area (Å²) >= 11 is 0. The molecule has 0 aliphatic carbocycles. The van der Waals surface area contributed by atoms with Crippen molar-refractivity contribution in [1.29, 1.82) is 0 Å². The molecule has 2 unspecified atom stereocenters. The highest BCUT2D eigenvalue weighted by Crippen LogP contribution is 2.25. The Hall–Kier alpha value is -0.880. The third kappa shape index (κ3) is 2.44. The van der Waals surface area contributed by atoms with E-state index in [4.69, 9.17) is 0 Å². The first-order valence-electron chi connectivity index (χ1n) is 5.38. The molecular formula is C10H17N3O2S. The average Bonchev–Trinajstić information content (AvgIpc) is 2.73. The second kappa shape index (κ2) is 3.85. The van der Waals surface area contributed by atoms with Crippen LogP contribution in [0.4, 0.5) is 0 Å². The van der Waals surface area contributed by atoms with Gasteiger partial charge < -0.3 is 5.32 Å². The Morgan fingerprint density at radius 2 is 2.38 bits per heavy atom. The zero-order valence-corrected chi connectivity index (χ0v) is 10.3. The highest BCUT2D eigenvalue weighted by Gasteiger charge is 2.39. The topological polar surface area (TPSA) is 74.8 Å². The molecule has 2 heterocycles. The van der Waals surface area contributed by atoms with Crippen LogP contribution in [0.5, 0.6) is 0 Å². The molecular weight excluding hydrogens is 226 g/mol. The summed E-state index contributed by atoms with van der Waals surface area (Å²) in [6.07, 6.45) is 2.37. The van der Waals surface area contributed by atoms with E-state index in [1.165, 1.54) is 0 Å². The van der Waals surface area contributed by atoms with Crippen LogP contribution in [0.2, 0.25) is 0 Å². The van der Waals surface area contributed by atoms with Crippen molar-refractivity contribution in [2.75, 3.05) is 11.5 Å². The van der Waals surface area contributed by atoms with Gasteiger partial charge in [0.1, 0.15) is 0 Å². The highest BCUT2D eigenvalue weighted by atomic mass is 32.2. The smallest absolute Gasteiger partial charge is 0.152 e. The van der Waals surface area contributed by atoms with E-state index < -0.39 is 9.84 Å². The van der Waals surface area contributed by atoms with Crippen molar-refractivity contribution >= 4 is 9.84 Å². The number of aromatic amines is 1. The molecule has 0 amide bonds. The second-order valence-corrected chi connectivity index (χ2v) is 6.96. The molecule has 90 valence electrons. The number of nitrogens with one attached hydrogen (secondary N) is 2. The van der Waals surface area contributed by atoms with Gasteiger partial charge in [0.25, 0.3) is 0 Å². The van der Waals surface area contributed by atoms with E-state index in [0.717, 1.165) is 5.69 Å². The van der Waals surface area contributed by atoms with Crippen molar-refractivity contribution in [3.63, 3.8) is 0 Å². The molecule has 1 aromatic rings. The van der Waals surface area contributed by atoms with Crippen molar-refractivity contribution in [2.45, 2.75) is 31.8 Å². The molecule has 2 rings (SSSR count). The Bertz CT molecular complexity index is 454. The zero-order chi connectivity index (χ0) is 11.8. The van der Waals surface area contributed by atoms with E-state index in [2.05, 4.69) is 15.5 Å². The van der Waals surface area contributed by atoms with Gasteiger partial charge in [-0.3, -0.25) is 5.10 Å². The first-order valence-corrected chi connectivity index (χ1v) is 7.20. The van der Waals surface area contributed by atoms with Gasteiger partial charge in [0.2, 0.25) is 0 Å². The third-order valence-corrected chi connectivity index (χ3v) is 4.96. The van der Waals surface area contributed by atoms with Crippen molar-refractivity contribution in [2.24, 2.45) is 0 Å². The zero-order valence-electron chi connectivity index (χ0n) is 9.53. The minimum atomic E-state index is -2.86. The van der Waals surface area contributed by atoms with E-state index in [0.29, 0.717) is 6.42 Å². The van der Waals surface area contributed by atoms with Gasteiger partial charge in [0.15, 0.2) is 9.84 Å². The normalized spacial score (nSPS) is 30.4. The number of hydrogen-bond acceptors (Lipinski definition) is 4. The van der Waals surface area contributed by atoms with Crippen LogP contribution >= 0.6 is 0 Å². The SMILES string of the molecule is CC(NC1(C)CCS(=O)(=O)C1)c1ccn[nH]1. The van der Waals surface area contributed by atoms with Gasteiger partial charge in [-0.05, 0) is 26.3 Å². The van der Waals surface area contributed by atoms with Crippen LogP contribution in [0.15, 0.2) is 12.3 Å². The van der Waals surface area contributed by atoms with Crippen LogP contribution in [0.25, 0.3) is 0 Å². The molecule has 0 radical (unpaired) electrons. The quantitative estimate of drug-likeness (QED) is 0.817. The minimum Gasteiger partial charge on any atom is -0.303 e. The van der Waals surface area contributed by atoms with Crippen LogP contribution in [0.1, 0.15) is 32.0 Å². The fraction of sp³-hybridized carbons (Fsp3) is 0.700. The van der Waals surface area contributed by atoms with Gasteiger partial charge in [0, 0.05) is 17.8 Å². The molecule has 16 heavy (non-hydrogen) atoms. The monoisotopic (exact) mass is 243 g/mol. The third-order valence-electron chi connectivity index (χ3n) is 3.06. The molecule has 0 bridgehead atoms. The van der Waals surface area contributed by atoms with Gasteiger partial charge in [-0.15, -0.1) is 0 Å². The number of H-pyrrole nitrogens is 1. The number of nitrogens with zero attached hydrogens (tertiary/aromatic N) is 1. The van der Waals surface area contributed by atoms with Crippen LogP contribution in [0.3, 0.4) is 0 Å². The lowest BCUT2D eigenvalue weighted by Gasteiger charge is -2.27. The summed E-state index contributed by atoms with van der Waals surface area (Å²) < 4.78 is 22.9. The van der Waals surface area contributed by atoms with Gasteiger partial charge in [-0.25, -0.2) is 8.42 Å². The molecule has 1 aromatic heterocycles. The maximum absolute atomic E-state index is 11.5. The molecule has 1 fully saturated rings. The predicted molar refractivity (Wildman–Crippen MR) is 61.8 cm³/mol. The summed E-state index contributed by atoms with van der Waals surface area (Å²) in [5, 5.41) is 10.1. The molecule has 6 heteroatoms. The fourth-order valence-electron chi connectivity index (χ4n) is 2.23. The minimum absolute atomic E-state index is 0.0841. The lowest BCUT2D eigenvalue weighted by molar-refractivity contribution is 0.351. The standard InChI is InChI=1S/C10H17N3O2S/c1-8(9-3-5-11-13-9)12-10(2)4-6-16(14,15)7-10/h3,5,8,12H,4,6-7H2,1-2H3,(H,11,13). The number of aromatic nitrogens is 2. The molecule has 1 saturated heterocycles. The first-order chi connectivity index (χ1) is 7.40. The van der Waals surface area contributed by atoms with Gasteiger partial charge >= 0.3 is 0 Å². The summed E-state index contributed by atoms with van der Waals surface area (Å²) in [7, 11) is -2.86. The number of rotatable bonds is 3. The van der Waals surface area contributed by atoms with Crippen molar-refractivity contribution in [3.05, 3.63) is 18.0 Å². The Kier molecular flexibility index (Phi) is 2.79. The largest absolute Gasteiger partial charge is 0.303 e.